The molecule has 32 heavy (non-hydrogen) atoms. The zero-order valence-electron chi connectivity index (χ0n) is 17.6. The number of aromatic nitrogens is 3. The summed E-state index contributed by atoms with van der Waals surface area (Å²) < 4.78 is 26.9. The monoisotopic (exact) mass is 457 g/mol. The van der Waals surface area contributed by atoms with Crippen molar-refractivity contribution < 1.29 is 18.4 Å². The van der Waals surface area contributed by atoms with E-state index in [-0.39, 0.29) is 24.8 Å². The normalized spacial score (nSPS) is 13.8. The minimum Gasteiger partial charge on any atom is -0.318 e. The zero-order valence-corrected chi connectivity index (χ0v) is 18.5. The van der Waals surface area contributed by atoms with E-state index in [2.05, 4.69) is 15.0 Å². The Hall–Kier alpha value is -3.27. The van der Waals surface area contributed by atoms with Gasteiger partial charge in [0.15, 0.2) is 10.9 Å². The van der Waals surface area contributed by atoms with Gasteiger partial charge in [-0.25, -0.2) is 18.6 Å². The number of aryl methyl sites for hydroxylation is 3. The maximum atomic E-state index is 13.5. The number of Topliss-reactive ketones (excluding diaryl/α,β-unsaturated/α-hetero) is 1. The van der Waals surface area contributed by atoms with Crippen LogP contribution in [0.1, 0.15) is 38.7 Å². The molecule has 0 radical (unpaired) electrons. The molecule has 1 fully saturated rings. The lowest BCUT2D eigenvalue weighted by molar-refractivity contribution is 0.0985. The smallest absolute Gasteiger partial charge is 0.318 e. The molecule has 3 aromatic rings. The van der Waals surface area contributed by atoms with Crippen molar-refractivity contribution in [3.05, 3.63) is 69.7 Å². The van der Waals surface area contributed by atoms with Crippen molar-refractivity contribution in [2.24, 2.45) is 0 Å². The molecule has 1 aromatic carbocycles. The highest BCUT2D eigenvalue weighted by atomic mass is 32.1. The number of ketones is 1. The van der Waals surface area contributed by atoms with E-state index in [1.165, 1.54) is 33.3 Å². The average molecular weight is 458 g/mol. The second-order valence-electron chi connectivity index (χ2n) is 7.62. The summed E-state index contributed by atoms with van der Waals surface area (Å²) >= 11 is 1.18. The Morgan fingerprint density at radius 3 is 2.53 bits per heavy atom. The van der Waals surface area contributed by atoms with Crippen LogP contribution >= 0.6 is 11.3 Å². The van der Waals surface area contributed by atoms with Crippen LogP contribution in [0.4, 0.5) is 18.7 Å². The molecule has 0 spiro atoms. The summed E-state index contributed by atoms with van der Waals surface area (Å²) in [6, 6.07) is 2.91. The van der Waals surface area contributed by atoms with Crippen molar-refractivity contribution in [2.75, 3.05) is 18.0 Å². The van der Waals surface area contributed by atoms with E-state index in [0.29, 0.717) is 40.8 Å². The van der Waals surface area contributed by atoms with E-state index in [1.807, 2.05) is 6.92 Å². The summed E-state index contributed by atoms with van der Waals surface area (Å²) in [6.45, 7) is 4.47. The maximum Gasteiger partial charge on any atom is 0.326 e. The lowest BCUT2D eigenvalue weighted by Gasteiger charge is -2.17. The first-order chi connectivity index (χ1) is 15.3. The van der Waals surface area contributed by atoms with Crippen molar-refractivity contribution in [2.45, 2.75) is 33.2 Å². The van der Waals surface area contributed by atoms with Gasteiger partial charge in [0, 0.05) is 44.5 Å². The topological polar surface area (TPSA) is 79.3 Å². The largest absolute Gasteiger partial charge is 0.326 e. The molecule has 3 heterocycles. The van der Waals surface area contributed by atoms with Crippen molar-refractivity contribution in [1.82, 2.24) is 19.9 Å². The summed E-state index contributed by atoms with van der Waals surface area (Å²) in [4.78, 5) is 42.0. The summed E-state index contributed by atoms with van der Waals surface area (Å²) in [5.74, 6) is -1.43. The predicted molar refractivity (Wildman–Crippen MR) is 116 cm³/mol. The number of carbonyl (C=O) groups excluding carboxylic acids is 2. The van der Waals surface area contributed by atoms with Gasteiger partial charge in [0.25, 0.3) is 0 Å². The molecule has 0 aliphatic carbocycles. The molecule has 4 rings (SSSR count). The molecule has 0 bridgehead atoms. The van der Waals surface area contributed by atoms with Gasteiger partial charge in [-0.1, -0.05) is 11.3 Å². The Kier molecular flexibility index (Phi) is 6.22. The molecule has 1 aliphatic rings. The van der Waals surface area contributed by atoms with E-state index in [9.17, 15) is 18.4 Å². The number of anilines is 1. The Morgan fingerprint density at radius 2 is 1.84 bits per heavy atom. The van der Waals surface area contributed by atoms with Gasteiger partial charge in [0.1, 0.15) is 11.6 Å². The Labute approximate surface area is 187 Å². The molecule has 0 atom stereocenters. The number of nitrogens with zero attached hydrogens (tertiary/aromatic N) is 5. The fourth-order valence-electron chi connectivity index (χ4n) is 3.49. The molecule has 7 nitrogen and oxygen atoms in total. The number of carbonyl (C=O) groups is 2. The van der Waals surface area contributed by atoms with Gasteiger partial charge in [0.05, 0.1) is 22.0 Å². The first-order valence-corrected chi connectivity index (χ1v) is 10.9. The first-order valence-electron chi connectivity index (χ1n) is 10.1. The molecule has 0 unspecified atom stereocenters. The number of halogens is 2. The molecular weight excluding hydrogens is 436 g/mol. The third-order valence-electron chi connectivity index (χ3n) is 5.10. The van der Waals surface area contributed by atoms with Gasteiger partial charge in [-0.15, -0.1) is 0 Å². The Bertz CT molecular complexity index is 1150. The zero-order chi connectivity index (χ0) is 22.8. The summed E-state index contributed by atoms with van der Waals surface area (Å²) in [5.41, 5.74) is 2.51. The van der Waals surface area contributed by atoms with Crippen LogP contribution in [0.3, 0.4) is 0 Å². The van der Waals surface area contributed by atoms with E-state index >= 15 is 0 Å². The summed E-state index contributed by atoms with van der Waals surface area (Å²) in [5, 5.41) is 0.443. The number of hydrogen-bond donors (Lipinski definition) is 0. The summed E-state index contributed by atoms with van der Waals surface area (Å²) in [7, 11) is 0. The fraction of sp³-hybridized carbons (Fsp3) is 0.318. The lowest BCUT2D eigenvalue weighted by Crippen LogP contribution is -2.31. The van der Waals surface area contributed by atoms with Gasteiger partial charge in [-0.3, -0.25) is 19.7 Å². The number of rotatable bonds is 7. The molecule has 10 heteroatoms. The highest BCUT2D eigenvalue weighted by Gasteiger charge is 2.32. The molecule has 2 aromatic heterocycles. The molecule has 1 saturated heterocycles. The number of thiazole rings is 1. The third kappa shape index (κ3) is 4.80. The number of amides is 2. The van der Waals surface area contributed by atoms with E-state index < -0.39 is 11.6 Å². The molecule has 166 valence electrons. The van der Waals surface area contributed by atoms with E-state index in [0.717, 1.165) is 17.5 Å². The number of benzene rings is 1. The minimum atomic E-state index is -0.682. The lowest BCUT2D eigenvalue weighted by atomic mass is 10.1. The molecule has 2 amide bonds. The number of hydrogen-bond acceptors (Lipinski definition) is 6. The van der Waals surface area contributed by atoms with Crippen molar-refractivity contribution in [3.8, 4) is 0 Å². The van der Waals surface area contributed by atoms with Crippen LogP contribution in [0.5, 0.6) is 0 Å². The second kappa shape index (κ2) is 9.07. The standard InChI is InChI=1S/C22H21F2N5O2S/c1-13-10-26-18(11-25-13)3-4-19(30)20-14(2)27-21(32-20)29-6-5-28(22(29)31)12-15-7-16(23)9-17(24)8-15/h7-11H,3-6,12H2,1-2H3. The van der Waals surface area contributed by atoms with Crippen LogP contribution in [0.25, 0.3) is 0 Å². The van der Waals surface area contributed by atoms with Gasteiger partial charge in [0.2, 0.25) is 0 Å². The SMILES string of the molecule is Cc1cnc(CCC(=O)c2sc(N3CCN(Cc4cc(F)cc(F)c4)C3=O)nc2C)cn1. The van der Waals surface area contributed by atoms with Gasteiger partial charge in [-0.2, -0.15) is 0 Å². The minimum absolute atomic E-state index is 0.0626. The van der Waals surface area contributed by atoms with E-state index in [1.54, 1.807) is 19.3 Å². The Balaban J connectivity index is 1.42. The number of urea groups is 1. The van der Waals surface area contributed by atoms with Crippen LogP contribution < -0.4 is 4.90 Å². The highest BCUT2D eigenvalue weighted by molar-refractivity contribution is 7.17. The van der Waals surface area contributed by atoms with Crippen molar-refractivity contribution in [1.29, 1.82) is 0 Å². The van der Waals surface area contributed by atoms with E-state index in [4.69, 9.17) is 0 Å². The van der Waals surface area contributed by atoms with Crippen LogP contribution in [0.2, 0.25) is 0 Å². The van der Waals surface area contributed by atoms with Gasteiger partial charge < -0.3 is 4.90 Å². The molecule has 0 saturated carbocycles. The maximum absolute atomic E-state index is 13.5. The van der Waals surface area contributed by atoms with Gasteiger partial charge in [-0.05, 0) is 38.0 Å². The molecule has 0 N–H and O–H groups in total. The van der Waals surface area contributed by atoms with Gasteiger partial charge >= 0.3 is 6.03 Å². The molecule has 1 aliphatic heterocycles. The first kappa shape index (κ1) is 21.9. The Morgan fingerprint density at radius 1 is 1.09 bits per heavy atom. The third-order valence-corrected chi connectivity index (χ3v) is 6.32. The quantitative estimate of drug-likeness (QED) is 0.500. The predicted octanol–water partition coefficient (Wildman–Crippen LogP) is 4.09. The highest BCUT2D eigenvalue weighted by Crippen LogP contribution is 2.30. The van der Waals surface area contributed by atoms with Crippen molar-refractivity contribution in [3.63, 3.8) is 0 Å². The second-order valence-corrected chi connectivity index (χ2v) is 8.59. The summed E-state index contributed by atoms with van der Waals surface area (Å²) in [6.07, 6.45) is 4.07. The van der Waals surface area contributed by atoms with Crippen LogP contribution in [0, 0.1) is 25.5 Å². The van der Waals surface area contributed by atoms with Crippen LogP contribution in [-0.4, -0.2) is 44.8 Å². The van der Waals surface area contributed by atoms with Crippen molar-refractivity contribution >= 4 is 28.3 Å². The van der Waals surface area contributed by atoms with Crippen LogP contribution in [0.15, 0.2) is 30.6 Å². The molecular formula is C22H21F2N5O2S. The van der Waals surface area contributed by atoms with Crippen LogP contribution in [-0.2, 0) is 13.0 Å². The fourth-order valence-corrected chi connectivity index (χ4v) is 4.54. The average Bonchev–Trinajstić information content (AvgIpc) is 3.29.